The van der Waals surface area contributed by atoms with Crippen molar-refractivity contribution in [3.05, 3.63) is 30.3 Å². The fraction of sp³-hybridized carbons (Fsp3) is 0.357. The van der Waals surface area contributed by atoms with Crippen molar-refractivity contribution in [3.63, 3.8) is 0 Å². The largest absolute Gasteiger partial charge is 0.352 e. The predicted octanol–water partition coefficient (Wildman–Crippen LogP) is 1.11. The van der Waals surface area contributed by atoms with Crippen molar-refractivity contribution in [3.8, 4) is 0 Å². The molecule has 0 aliphatic carbocycles. The normalized spacial score (nSPS) is 17.7. The van der Waals surface area contributed by atoms with Crippen LogP contribution in [-0.2, 0) is 4.79 Å². The van der Waals surface area contributed by atoms with Crippen LogP contribution in [0.15, 0.2) is 30.3 Å². The van der Waals surface area contributed by atoms with Crippen LogP contribution in [0.25, 0.3) is 0 Å². The molecule has 1 saturated heterocycles. The van der Waals surface area contributed by atoms with E-state index in [0.29, 0.717) is 18.1 Å². The van der Waals surface area contributed by atoms with Gasteiger partial charge >= 0.3 is 6.03 Å². The van der Waals surface area contributed by atoms with Gasteiger partial charge in [0.2, 0.25) is 0 Å². The number of carbonyl (C=O) groups is 2. The quantitative estimate of drug-likeness (QED) is 0.543. The molecular formula is C14H18N4O2S. The molecule has 1 heterocycles. The second kappa shape index (κ2) is 7.03. The Hall–Kier alpha value is -2.15. The molecule has 0 saturated carbocycles. The number of thiocarbonyl (C=S) groups is 1. The number of primary amides is 1. The summed E-state index contributed by atoms with van der Waals surface area (Å²) in [5.41, 5.74) is 5.76. The van der Waals surface area contributed by atoms with E-state index in [4.69, 9.17) is 18.0 Å². The summed E-state index contributed by atoms with van der Waals surface area (Å²) in [7, 11) is 0. The summed E-state index contributed by atoms with van der Waals surface area (Å²) in [6, 6.07) is 8.51. The molecule has 112 valence electrons. The van der Waals surface area contributed by atoms with Crippen LogP contribution < -0.4 is 21.3 Å². The lowest BCUT2D eigenvalue weighted by Crippen LogP contribution is -2.32. The Labute approximate surface area is 128 Å². The van der Waals surface area contributed by atoms with E-state index in [1.54, 1.807) is 0 Å². The van der Waals surface area contributed by atoms with Crippen molar-refractivity contribution in [2.75, 3.05) is 11.4 Å². The van der Waals surface area contributed by atoms with E-state index in [2.05, 4.69) is 10.6 Å². The lowest BCUT2D eigenvalue weighted by Gasteiger charge is -2.14. The summed E-state index contributed by atoms with van der Waals surface area (Å²) in [5, 5.41) is 6.01. The van der Waals surface area contributed by atoms with Crippen molar-refractivity contribution in [1.82, 2.24) is 10.6 Å². The van der Waals surface area contributed by atoms with Crippen LogP contribution in [0, 0.1) is 0 Å². The number of carbonyl (C=O) groups excluding carboxylic acids is 2. The number of rotatable bonds is 6. The topological polar surface area (TPSA) is 87.5 Å². The molecule has 0 spiro atoms. The van der Waals surface area contributed by atoms with Crippen LogP contribution in [-0.4, -0.2) is 29.6 Å². The Balaban J connectivity index is 1.86. The molecule has 0 bridgehead atoms. The van der Waals surface area contributed by atoms with E-state index in [1.807, 2.05) is 30.3 Å². The van der Waals surface area contributed by atoms with Crippen LogP contribution in [0.2, 0.25) is 0 Å². The minimum absolute atomic E-state index is 0.0333. The number of hydrogen-bond donors (Lipinski definition) is 3. The minimum atomic E-state index is -0.526. The maximum atomic E-state index is 12.4. The van der Waals surface area contributed by atoms with Gasteiger partial charge in [-0.15, -0.1) is 0 Å². The van der Waals surface area contributed by atoms with E-state index >= 15 is 0 Å². The van der Waals surface area contributed by atoms with Gasteiger partial charge < -0.3 is 16.4 Å². The van der Waals surface area contributed by atoms with Crippen molar-refractivity contribution < 1.29 is 9.59 Å². The minimum Gasteiger partial charge on any atom is -0.352 e. The smallest absolute Gasteiger partial charge is 0.312 e. The lowest BCUT2D eigenvalue weighted by molar-refractivity contribution is -0.118. The molecule has 1 fully saturated rings. The molecule has 1 aliphatic rings. The number of amides is 3. The van der Waals surface area contributed by atoms with E-state index in [-0.39, 0.29) is 11.9 Å². The zero-order valence-electron chi connectivity index (χ0n) is 11.5. The van der Waals surface area contributed by atoms with Crippen molar-refractivity contribution >= 4 is 35.0 Å². The van der Waals surface area contributed by atoms with Gasteiger partial charge in [-0.2, -0.15) is 0 Å². The summed E-state index contributed by atoms with van der Waals surface area (Å²) in [4.78, 5) is 24.4. The molecule has 7 heteroatoms. The molecule has 1 atom stereocenters. The first-order valence-corrected chi connectivity index (χ1v) is 7.23. The third-order valence-corrected chi connectivity index (χ3v) is 3.55. The van der Waals surface area contributed by atoms with Gasteiger partial charge in [-0.3, -0.25) is 9.69 Å². The summed E-state index contributed by atoms with van der Waals surface area (Å²) >= 11 is 5.23. The van der Waals surface area contributed by atoms with Crippen molar-refractivity contribution in [1.29, 1.82) is 0 Å². The molecule has 1 aromatic rings. The van der Waals surface area contributed by atoms with Gasteiger partial charge in [0, 0.05) is 6.54 Å². The molecule has 6 nitrogen and oxygen atoms in total. The van der Waals surface area contributed by atoms with E-state index in [1.165, 1.54) is 4.90 Å². The number of nitrogens with two attached hydrogens (primary N) is 1. The molecule has 0 aromatic heterocycles. The maximum absolute atomic E-state index is 12.4. The molecule has 0 radical (unpaired) electrons. The fourth-order valence-corrected chi connectivity index (χ4v) is 2.57. The zero-order valence-corrected chi connectivity index (χ0v) is 12.4. The van der Waals surface area contributed by atoms with Gasteiger partial charge in [0.05, 0.1) is 5.69 Å². The average Bonchev–Trinajstić information content (AvgIpc) is 2.74. The van der Waals surface area contributed by atoms with E-state index in [0.717, 1.165) is 18.5 Å². The molecule has 0 unspecified atom stereocenters. The van der Waals surface area contributed by atoms with Gasteiger partial charge in [0.15, 0.2) is 5.11 Å². The Bertz CT molecular complexity index is 535. The van der Waals surface area contributed by atoms with Crippen LogP contribution in [0.5, 0.6) is 0 Å². The predicted molar refractivity (Wildman–Crippen MR) is 84.9 cm³/mol. The number of anilines is 1. The Kier molecular flexibility index (Phi) is 5.10. The van der Waals surface area contributed by atoms with E-state index < -0.39 is 6.03 Å². The maximum Gasteiger partial charge on any atom is 0.312 e. The first-order valence-electron chi connectivity index (χ1n) is 6.82. The highest BCUT2D eigenvalue weighted by Gasteiger charge is 2.35. The number of hydrogen-bond acceptors (Lipinski definition) is 3. The Morgan fingerprint density at radius 2 is 2.05 bits per heavy atom. The third kappa shape index (κ3) is 3.91. The Morgan fingerprint density at radius 1 is 1.33 bits per heavy atom. The zero-order chi connectivity index (χ0) is 15.2. The standard InChI is InChI=1S/C14H18N4O2S/c15-13(20)16-9-5-4-8-11-12(19)18(14(21)17-11)10-6-2-1-3-7-10/h1-3,6-7,11H,4-5,8-9H2,(H,17,21)(H3,15,16,20)/t11-/m0/s1. The number of benzene rings is 1. The first-order chi connectivity index (χ1) is 10.1. The Morgan fingerprint density at radius 3 is 2.71 bits per heavy atom. The van der Waals surface area contributed by atoms with Crippen LogP contribution in [0.1, 0.15) is 19.3 Å². The SMILES string of the molecule is NC(=O)NCCCC[C@@H]1NC(=S)N(c2ccccc2)C1=O. The first kappa shape index (κ1) is 15.2. The average molecular weight is 306 g/mol. The molecule has 1 aliphatic heterocycles. The van der Waals surface area contributed by atoms with Crippen LogP contribution >= 0.6 is 12.2 Å². The lowest BCUT2D eigenvalue weighted by atomic mass is 10.1. The molecule has 1 aromatic carbocycles. The summed E-state index contributed by atoms with van der Waals surface area (Å²) in [5.74, 6) is -0.0333. The molecule has 4 N–H and O–H groups in total. The number of nitrogens with zero attached hydrogens (tertiary/aromatic N) is 1. The highest BCUT2D eigenvalue weighted by molar-refractivity contribution is 7.80. The van der Waals surface area contributed by atoms with Gasteiger partial charge in [-0.25, -0.2) is 4.79 Å². The summed E-state index contributed by atoms with van der Waals surface area (Å²) in [6.07, 6.45) is 2.24. The molecule has 21 heavy (non-hydrogen) atoms. The number of unbranched alkanes of at least 4 members (excludes halogenated alkanes) is 1. The number of nitrogens with one attached hydrogen (secondary N) is 2. The number of urea groups is 1. The highest BCUT2D eigenvalue weighted by Crippen LogP contribution is 2.21. The van der Waals surface area contributed by atoms with E-state index in [9.17, 15) is 9.59 Å². The van der Waals surface area contributed by atoms with Crippen molar-refractivity contribution in [2.45, 2.75) is 25.3 Å². The molecule has 2 rings (SSSR count). The second-order valence-corrected chi connectivity index (χ2v) is 5.18. The van der Waals surface area contributed by atoms with Gasteiger partial charge in [0.25, 0.3) is 5.91 Å². The third-order valence-electron chi connectivity index (χ3n) is 3.25. The van der Waals surface area contributed by atoms with Crippen LogP contribution in [0.4, 0.5) is 10.5 Å². The van der Waals surface area contributed by atoms with Crippen molar-refractivity contribution in [2.24, 2.45) is 5.73 Å². The second-order valence-electron chi connectivity index (χ2n) is 4.80. The summed E-state index contributed by atoms with van der Waals surface area (Å²) in [6.45, 7) is 0.517. The van der Waals surface area contributed by atoms with Gasteiger partial charge in [0.1, 0.15) is 6.04 Å². The van der Waals surface area contributed by atoms with Gasteiger partial charge in [-0.1, -0.05) is 18.2 Å². The fourth-order valence-electron chi connectivity index (χ4n) is 2.23. The van der Waals surface area contributed by atoms with Gasteiger partial charge in [-0.05, 0) is 43.6 Å². The summed E-state index contributed by atoms with van der Waals surface area (Å²) < 4.78 is 0. The van der Waals surface area contributed by atoms with Crippen LogP contribution in [0.3, 0.4) is 0 Å². The molecular weight excluding hydrogens is 288 g/mol. The highest BCUT2D eigenvalue weighted by atomic mass is 32.1. The monoisotopic (exact) mass is 306 g/mol. The molecule has 3 amide bonds. The number of para-hydroxylation sites is 1.